The van der Waals surface area contributed by atoms with Gasteiger partial charge in [-0.25, -0.2) is 0 Å². The molecule has 0 aliphatic carbocycles. The normalized spacial score (nSPS) is 12.5. The SMILES string of the molecule is Cc1ccc[n+]([C@@H](C(=O)c2ccc([N+](=O)[O-])cc2)C([S-])=NCc2ccco2)c1. The predicted octanol–water partition coefficient (Wildman–Crippen LogP) is 3.35. The molecule has 0 fully saturated rings. The number of nitro groups is 1. The summed E-state index contributed by atoms with van der Waals surface area (Å²) >= 11 is 5.46. The van der Waals surface area contributed by atoms with Gasteiger partial charge >= 0.3 is 0 Å². The Morgan fingerprint density at radius 3 is 2.61 bits per heavy atom. The van der Waals surface area contributed by atoms with Gasteiger partial charge in [-0.3, -0.25) is 14.9 Å². The van der Waals surface area contributed by atoms with Crippen LogP contribution in [0.2, 0.25) is 0 Å². The van der Waals surface area contributed by atoms with Crippen molar-refractivity contribution in [3.8, 4) is 0 Å². The number of hydrogen-bond donors (Lipinski definition) is 0. The minimum absolute atomic E-state index is 0.0820. The van der Waals surface area contributed by atoms with Gasteiger partial charge in [-0.2, -0.15) is 4.57 Å². The van der Waals surface area contributed by atoms with Crippen LogP contribution in [-0.4, -0.2) is 15.8 Å². The van der Waals surface area contributed by atoms with Gasteiger partial charge in [0.15, 0.2) is 12.4 Å². The van der Waals surface area contributed by atoms with Gasteiger partial charge in [-0.05, 0) is 42.3 Å². The lowest BCUT2D eigenvalue weighted by molar-refractivity contribution is -0.692. The van der Waals surface area contributed by atoms with Crippen LogP contribution in [0.3, 0.4) is 0 Å². The number of aromatic nitrogens is 1. The number of Topliss-reactive ketones (excluding diaryl/α,β-unsaturated/α-hetero) is 1. The van der Waals surface area contributed by atoms with Crippen LogP contribution in [0, 0.1) is 17.0 Å². The number of hydrogen-bond acceptors (Lipinski definition) is 6. The first-order valence-electron chi connectivity index (χ1n) is 8.45. The average molecular weight is 395 g/mol. The third-order valence-corrected chi connectivity index (χ3v) is 4.44. The Kier molecular flexibility index (Phi) is 5.90. The first-order valence-corrected chi connectivity index (χ1v) is 8.86. The molecular formula is C20H17N3O4S. The molecule has 2 heterocycles. The molecule has 0 amide bonds. The van der Waals surface area contributed by atoms with Gasteiger partial charge in [0.05, 0.1) is 17.7 Å². The predicted molar refractivity (Wildman–Crippen MR) is 105 cm³/mol. The largest absolute Gasteiger partial charge is 0.758 e. The Morgan fingerprint density at radius 2 is 2.00 bits per heavy atom. The molecule has 3 rings (SSSR count). The van der Waals surface area contributed by atoms with Gasteiger partial charge in [0.1, 0.15) is 5.76 Å². The van der Waals surface area contributed by atoms with E-state index in [1.54, 1.807) is 29.2 Å². The molecule has 0 aliphatic heterocycles. The standard InChI is InChI=1S/C20H17N3O4S/c1-14-4-2-10-22(13-14)18(20(28)21-12-17-5-3-11-27-17)19(24)15-6-8-16(9-7-15)23(25)26/h2-11,13,18H,12H2,1H3/t18-/m0/s1. The van der Waals surface area contributed by atoms with Crippen LogP contribution in [0.5, 0.6) is 0 Å². The fourth-order valence-corrected chi connectivity index (χ4v) is 2.99. The monoisotopic (exact) mass is 395 g/mol. The van der Waals surface area contributed by atoms with Gasteiger partial charge in [0.2, 0.25) is 11.8 Å². The summed E-state index contributed by atoms with van der Waals surface area (Å²) in [4.78, 5) is 27.9. The number of pyridine rings is 1. The second-order valence-corrected chi connectivity index (χ2v) is 6.55. The summed E-state index contributed by atoms with van der Waals surface area (Å²) < 4.78 is 6.96. The Bertz CT molecular complexity index is 1010. The third kappa shape index (κ3) is 4.47. The van der Waals surface area contributed by atoms with Crippen molar-refractivity contribution in [3.63, 3.8) is 0 Å². The molecule has 0 saturated heterocycles. The van der Waals surface area contributed by atoms with Gasteiger partial charge in [-0.15, -0.1) is 0 Å². The van der Waals surface area contributed by atoms with Crippen molar-refractivity contribution in [2.24, 2.45) is 4.99 Å². The topological polar surface area (TPSA) is 89.6 Å². The molecular weight excluding hydrogens is 378 g/mol. The molecule has 0 unspecified atom stereocenters. The van der Waals surface area contributed by atoms with Crippen molar-refractivity contribution in [3.05, 3.63) is 94.2 Å². The number of carbonyl (C=O) groups excluding carboxylic acids is 1. The minimum Gasteiger partial charge on any atom is -0.758 e. The van der Waals surface area contributed by atoms with E-state index in [2.05, 4.69) is 4.99 Å². The number of rotatable bonds is 7. The Hall–Kier alpha value is -3.39. The number of ketones is 1. The molecule has 7 nitrogen and oxygen atoms in total. The van der Waals surface area contributed by atoms with Crippen LogP contribution in [0.25, 0.3) is 0 Å². The van der Waals surface area contributed by atoms with Crippen LogP contribution < -0.4 is 4.57 Å². The number of furan rings is 1. The van der Waals surface area contributed by atoms with Crippen molar-refractivity contribution < 1.29 is 18.7 Å². The molecule has 1 aromatic carbocycles. The van der Waals surface area contributed by atoms with E-state index in [9.17, 15) is 14.9 Å². The van der Waals surface area contributed by atoms with Crippen LogP contribution in [-0.2, 0) is 19.2 Å². The lowest BCUT2D eigenvalue weighted by atomic mass is 10.0. The minimum atomic E-state index is -0.841. The summed E-state index contributed by atoms with van der Waals surface area (Å²) in [5.74, 6) is 0.344. The van der Waals surface area contributed by atoms with E-state index in [-0.39, 0.29) is 23.1 Å². The fourth-order valence-electron chi connectivity index (χ4n) is 2.70. The summed E-state index contributed by atoms with van der Waals surface area (Å²) in [7, 11) is 0. The lowest BCUT2D eigenvalue weighted by Gasteiger charge is -2.18. The number of aliphatic imine (C=N–C) groups is 1. The maximum absolute atomic E-state index is 13.2. The Labute approximate surface area is 166 Å². The molecule has 0 saturated carbocycles. The number of nitrogens with zero attached hydrogens (tertiary/aromatic N) is 3. The molecule has 142 valence electrons. The molecule has 8 heteroatoms. The van der Waals surface area contributed by atoms with E-state index < -0.39 is 11.0 Å². The summed E-state index contributed by atoms with van der Waals surface area (Å²) in [6.07, 6.45) is 5.10. The van der Waals surface area contributed by atoms with Gasteiger partial charge < -0.3 is 22.0 Å². The quantitative estimate of drug-likeness (QED) is 0.116. The lowest BCUT2D eigenvalue weighted by Crippen LogP contribution is -2.47. The fraction of sp³-hybridized carbons (Fsp3) is 0.150. The Morgan fingerprint density at radius 1 is 1.25 bits per heavy atom. The van der Waals surface area contributed by atoms with Crippen molar-refractivity contribution in [1.82, 2.24) is 0 Å². The first kappa shape index (κ1) is 19.4. The number of non-ortho nitro benzene ring substituents is 1. The van der Waals surface area contributed by atoms with Crippen molar-refractivity contribution in [1.29, 1.82) is 0 Å². The van der Waals surface area contributed by atoms with E-state index in [0.29, 0.717) is 11.3 Å². The second-order valence-electron chi connectivity index (χ2n) is 6.13. The molecule has 0 bridgehead atoms. The van der Waals surface area contributed by atoms with Crippen LogP contribution in [0.1, 0.15) is 27.7 Å². The van der Waals surface area contributed by atoms with E-state index in [0.717, 1.165) is 5.56 Å². The molecule has 2 aromatic heterocycles. The highest BCUT2D eigenvalue weighted by Crippen LogP contribution is 2.17. The van der Waals surface area contributed by atoms with Crippen LogP contribution in [0.15, 0.2) is 76.6 Å². The maximum Gasteiger partial charge on any atom is 0.269 e. The second kappa shape index (κ2) is 8.53. The molecule has 28 heavy (non-hydrogen) atoms. The number of nitro benzene ring substituents is 1. The number of aryl methyl sites for hydroxylation is 1. The third-order valence-electron chi connectivity index (χ3n) is 4.08. The molecule has 0 N–H and O–H groups in total. The maximum atomic E-state index is 13.2. The number of carbonyl (C=O) groups is 1. The summed E-state index contributed by atoms with van der Waals surface area (Å²) in [5, 5.41) is 11.1. The van der Waals surface area contributed by atoms with Gasteiger partial charge in [-0.1, -0.05) is 0 Å². The molecule has 0 radical (unpaired) electrons. The summed E-state index contributed by atoms with van der Waals surface area (Å²) in [6, 6.07) is 11.9. The zero-order valence-corrected chi connectivity index (χ0v) is 15.8. The average Bonchev–Trinajstić information content (AvgIpc) is 3.20. The van der Waals surface area contributed by atoms with Crippen molar-refractivity contribution in [2.75, 3.05) is 0 Å². The highest BCUT2D eigenvalue weighted by Gasteiger charge is 2.28. The van der Waals surface area contributed by atoms with Gasteiger partial charge in [0.25, 0.3) is 5.69 Å². The highest BCUT2D eigenvalue weighted by molar-refractivity contribution is 7.77. The smallest absolute Gasteiger partial charge is 0.269 e. The van der Waals surface area contributed by atoms with Crippen molar-refractivity contribution >= 4 is 29.1 Å². The van der Waals surface area contributed by atoms with E-state index in [1.807, 2.05) is 25.3 Å². The van der Waals surface area contributed by atoms with Crippen LogP contribution in [0.4, 0.5) is 5.69 Å². The number of benzene rings is 1. The zero-order valence-electron chi connectivity index (χ0n) is 15.0. The Balaban J connectivity index is 1.96. The van der Waals surface area contributed by atoms with E-state index in [1.165, 1.54) is 24.3 Å². The van der Waals surface area contributed by atoms with E-state index >= 15 is 0 Å². The summed E-state index contributed by atoms with van der Waals surface area (Å²) in [6.45, 7) is 2.13. The molecule has 0 spiro atoms. The van der Waals surface area contributed by atoms with E-state index in [4.69, 9.17) is 17.0 Å². The molecule has 3 aromatic rings. The molecule has 1 atom stereocenters. The molecule has 0 aliphatic rings. The van der Waals surface area contributed by atoms with Crippen LogP contribution >= 0.6 is 0 Å². The zero-order chi connectivity index (χ0) is 20.1. The van der Waals surface area contributed by atoms with Crippen molar-refractivity contribution in [2.45, 2.75) is 19.5 Å². The highest BCUT2D eigenvalue weighted by atomic mass is 32.1. The summed E-state index contributed by atoms with van der Waals surface area (Å²) in [5.41, 5.74) is 1.19. The first-order chi connectivity index (χ1) is 13.5. The van der Waals surface area contributed by atoms with Gasteiger partial charge in [0, 0.05) is 29.3 Å².